The van der Waals surface area contributed by atoms with Gasteiger partial charge in [0.1, 0.15) is 0 Å². The maximum atomic E-state index is 12.8. The summed E-state index contributed by atoms with van der Waals surface area (Å²) in [7, 11) is 1.61. The van der Waals surface area contributed by atoms with Gasteiger partial charge in [0.15, 0.2) is 0 Å². The summed E-state index contributed by atoms with van der Waals surface area (Å²) in [6, 6.07) is 9.83. The highest BCUT2D eigenvalue weighted by Gasteiger charge is 2.50. The van der Waals surface area contributed by atoms with Gasteiger partial charge in [-0.25, -0.2) is 0 Å². The molecule has 126 valence electrons. The zero-order valence-corrected chi connectivity index (χ0v) is 14.5. The smallest absolute Gasteiger partial charge is 0.240 e. The second kappa shape index (κ2) is 7.45. The third-order valence-electron chi connectivity index (χ3n) is 5.17. The maximum absolute atomic E-state index is 12.8. The van der Waals surface area contributed by atoms with E-state index in [-0.39, 0.29) is 24.2 Å². The number of hydrogen-bond donors (Lipinski definition) is 0. The zero-order valence-electron chi connectivity index (χ0n) is 13.7. The lowest BCUT2D eigenvalue weighted by atomic mass is 9.76. The Hall–Kier alpha value is -1.39. The first-order chi connectivity index (χ1) is 10.6. The van der Waals surface area contributed by atoms with Crippen molar-refractivity contribution in [3.63, 3.8) is 0 Å². The first-order valence-corrected chi connectivity index (χ1v) is 8.22. The number of nitrogens with zero attached hydrogens (tertiary/aromatic N) is 2. The SMILES string of the molecule is CN1C(=O)C[C@](CCN2CCCCC2)(c2ccccc2)C1=O.Cl. The second-order valence-corrected chi connectivity index (χ2v) is 6.54. The molecule has 2 aliphatic heterocycles. The lowest BCUT2D eigenvalue weighted by molar-refractivity contribution is -0.138. The summed E-state index contributed by atoms with van der Waals surface area (Å²) in [6.07, 6.45) is 4.82. The molecule has 2 aliphatic rings. The Kier molecular flexibility index (Phi) is 5.82. The predicted octanol–water partition coefficient (Wildman–Crippen LogP) is 2.61. The van der Waals surface area contributed by atoms with E-state index in [0.29, 0.717) is 6.42 Å². The monoisotopic (exact) mass is 336 g/mol. The quantitative estimate of drug-likeness (QED) is 0.794. The van der Waals surface area contributed by atoms with E-state index in [1.165, 1.54) is 24.2 Å². The van der Waals surface area contributed by atoms with E-state index >= 15 is 0 Å². The van der Waals surface area contributed by atoms with Gasteiger partial charge in [-0.15, -0.1) is 12.4 Å². The summed E-state index contributed by atoms with van der Waals surface area (Å²) in [4.78, 5) is 28.7. The van der Waals surface area contributed by atoms with Crippen LogP contribution in [0.5, 0.6) is 0 Å². The van der Waals surface area contributed by atoms with Gasteiger partial charge < -0.3 is 4.90 Å². The van der Waals surface area contributed by atoms with Crippen molar-refractivity contribution in [2.75, 3.05) is 26.7 Å². The van der Waals surface area contributed by atoms with E-state index in [4.69, 9.17) is 0 Å². The van der Waals surface area contributed by atoms with E-state index in [0.717, 1.165) is 31.6 Å². The fourth-order valence-electron chi connectivity index (χ4n) is 3.74. The van der Waals surface area contributed by atoms with Crippen LogP contribution in [0.1, 0.15) is 37.7 Å². The molecule has 2 saturated heterocycles. The summed E-state index contributed by atoms with van der Waals surface area (Å²) in [5, 5.41) is 0. The van der Waals surface area contributed by atoms with Crippen molar-refractivity contribution in [3.05, 3.63) is 35.9 Å². The van der Waals surface area contributed by atoms with Gasteiger partial charge in [0.25, 0.3) is 0 Å². The number of piperidine rings is 1. The van der Waals surface area contributed by atoms with Crippen LogP contribution in [-0.4, -0.2) is 48.3 Å². The van der Waals surface area contributed by atoms with Crippen molar-refractivity contribution in [2.45, 2.75) is 37.5 Å². The normalized spacial score (nSPS) is 25.5. The van der Waals surface area contributed by atoms with Gasteiger partial charge in [-0.1, -0.05) is 36.8 Å². The minimum absolute atomic E-state index is 0. The number of carbonyl (C=O) groups excluding carboxylic acids is 2. The van der Waals surface area contributed by atoms with Crippen molar-refractivity contribution < 1.29 is 9.59 Å². The summed E-state index contributed by atoms with van der Waals surface area (Å²) in [5.74, 6) is -0.104. The molecular weight excluding hydrogens is 312 g/mol. The Labute approximate surface area is 144 Å². The second-order valence-electron chi connectivity index (χ2n) is 6.54. The van der Waals surface area contributed by atoms with Crippen LogP contribution in [0.4, 0.5) is 0 Å². The predicted molar refractivity (Wildman–Crippen MR) is 92.7 cm³/mol. The minimum Gasteiger partial charge on any atom is -0.303 e. The van der Waals surface area contributed by atoms with Crippen LogP contribution < -0.4 is 0 Å². The van der Waals surface area contributed by atoms with Gasteiger partial charge in [-0.05, 0) is 44.5 Å². The maximum Gasteiger partial charge on any atom is 0.240 e. The molecule has 2 heterocycles. The van der Waals surface area contributed by atoms with Crippen LogP contribution in [-0.2, 0) is 15.0 Å². The standard InChI is InChI=1S/C18H24N2O2.ClH/c1-19-16(21)14-18(17(19)22,15-8-4-2-5-9-15)10-13-20-11-6-3-7-12-20;/h2,4-5,8-9H,3,6-7,10-14H2,1H3;1H/t18-;/m1./s1. The topological polar surface area (TPSA) is 40.6 Å². The van der Waals surface area contributed by atoms with Crippen LogP contribution in [0, 0.1) is 0 Å². The molecule has 23 heavy (non-hydrogen) atoms. The number of rotatable bonds is 4. The number of hydrogen-bond acceptors (Lipinski definition) is 3. The Bertz CT molecular complexity index is 557. The molecule has 2 fully saturated rings. The molecule has 1 aromatic carbocycles. The van der Waals surface area contributed by atoms with E-state index in [2.05, 4.69) is 4.90 Å². The van der Waals surface area contributed by atoms with Crippen LogP contribution in [0.2, 0.25) is 0 Å². The molecule has 2 amide bonds. The van der Waals surface area contributed by atoms with Gasteiger partial charge in [0.2, 0.25) is 11.8 Å². The Morgan fingerprint density at radius 3 is 2.26 bits per heavy atom. The van der Waals surface area contributed by atoms with Crippen LogP contribution in [0.25, 0.3) is 0 Å². The molecule has 4 nitrogen and oxygen atoms in total. The van der Waals surface area contributed by atoms with Crippen molar-refractivity contribution in [2.24, 2.45) is 0 Å². The number of benzene rings is 1. The number of carbonyl (C=O) groups is 2. The van der Waals surface area contributed by atoms with Crippen LogP contribution in [0.3, 0.4) is 0 Å². The third kappa shape index (κ3) is 3.43. The van der Waals surface area contributed by atoms with E-state index in [1.54, 1.807) is 7.05 Å². The van der Waals surface area contributed by atoms with Crippen molar-refractivity contribution >= 4 is 24.2 Å². The highest BCUT2D eigenvalue weighted by molar-refractivity contribution is 6.08. The first-order valence-electron chi connectivity index (χ1n) is 8.22. The van der Waals surface area contributed by atoms with E-state index in [1.807, 2.05) is 30.3 Å². The Morgan fingerprint density at radius 1 is 1.04 bits per heavy atom. The highest BCUT2D eigenvalue weighted by atomic mass is 35.5. The summed E-state index contributed by atoms with van der Waals surface area (Å²) >= 11 is 0. The molecule has 0 saturated carbocycles. The van der Waals surface area contributed by atoms with Gasteiger partial charge >= 0.3 is 0 Å². The molecule has 0 spiro atoms. The van der Waals surface area contributed by atoms with Crippen LogP contribution >= 0.6 is 12.4 Å². The first kappa shape index (κ1) is 18.0. The molecule has 3 rings (SSSR count). The fraction of sp³-hybridized carbons (Fsp3) is 0.556. The molecule has 0 bridgehead atoms. The summed E-state index contributed by atoms with van der Waals surface area (Å²) < 4.78 is 0. The number of amides is 2. The average molecular weight is 337 g/mol. The largest absolute Gasteiger partial charge is 0.303 e. The van der Waals surface area contributed by atoms with Gasteiger partial charge in [0.05, 0.1) is 5.41 Å². The number of likely N-dealkylation sites (tertiary alicyclic amines) is 2. The minimum atomic E-state index is -0.662. The molecule has 0 aliphatic carbocycles. The van der Waals surface area contributed by atoms with Gasteiger partial charge in [0, 0.05) is 13.5 Å². The average Bonchev–Trinajstić information content (AvgIpc) is 2.80. The summed E-state index contributed by atoms with van der Waals surface area (Å²) in [6.45, 7) is 3.12. The fourth-order valence-corrected chi connectivity index (χ4v) is 3.74. The summed E-state index contributed by atoms with van der Waals surface area (Å²) in [5.41, 5.74) is 0.319. The molecule has 0 aromatic heterocycles. The molecule has 5 heteroatoms. The molecule has 1 atom stereocenters. The van der Waals surface area contributed by atoms with Crippen molar-refractivity contribution in [3.8, 4) is 0 Å². The number of imide groups is 1. The molecule has 0 N–H and O–H groups in total. The van der Waals surface area contributed by atoms with Crippen LogP contribution in [0.15, 0.2) is 30.3 Å². The molecular formula is C18H25ClN2O2. The Balaban J connectivity index is 0.00000192. The van der Waals surface area contributed by atoms with Gasteiger partial charge in [-0.3, -0.25) is 14.5 Å². The molecule has 0 radical (unpaired) electrons. The number of halogens is 1. The zero-order chi connectivity index (χ0) is 15.6. The van der Waals surface area contributed by atoms with E-state index in [9.17, 15) is 9.59 Å². The van der Waals surface area contributed by atoms with E-state index < -0.39 is 5.41 Å². The lowest BCUT2D eigenvalue weighted by Crippen LogP contribution is -2.41. The number of likely N-dealkylation sites (N-methyl/N-ethyl adjacent to an activating group) is 1. The molecule has 0 unspecified atom stereocenters. The Morgan fingerprint density at radius 2 is 1.70 bits per heavy atom. The van der Waals surface area contributed by atoms with Crippen molar-refractivity contribution in [1.82, 2.24) is 9.80 Å². The van der Waals surface area contributed by atoms with Crippen molar-refractivity contribution in [1.29, 1.82) is 0 Å². The lowest BCUT2D eigenvalue weighted by Gasteiger charge is -2.32. The highest BCUT2D eigenvalue weighted by Crippen LogP contribution is 2.39. The molecule has 1 aromatic rings. The van der Waals surface area contributed by atoms with Gasteiger partial charge in [-0.2, -0.15) is 0 Å². The third-order valence-corrected chi connectivity index (χ3v) is 5.17.